The first-order valence-electron chi connectivity index (χ1n) is 6.07. The summed E-state index contributed by atoms with van der Waals surface area (Å²) in [6.45, 7) is 4.14. The van der Waals surface area contributed by atoms with Crippen molar-refractivity contribution in [2.45, 2.75) is 33.1 Å². The van der Waals surface area contributed by atoms with Gasteiger partial charge in [-0.15, -0.1) is 0 Å². The van der Waals surface area contributed by atoms with Gasteiger partial charge in [-0.1, -0.05) is 25.8 Å². The SMILES string of the molecule is CCCCCOC(=O)c1ccc(C)c(C(=O)O)c1. The Hall–Kier alpha value is -1.84. The van der Waals surface area contributed by atoms with Crippen molar-refractivity contribution < 1.29 is 19.4 Å². The van der Waals surface area contributed by atoms with Gasteiger partial charge in [0.15, 0.2) is 0 Å². The Morgan fingerprint density at radius 1 is 1.28 bits per heavy atom. The molecule has 1 aromatic carbocycles. The van der Waals surface area contributed by atoms with Gasteiger partial charge >= 0.3 is 11.9 Å². The number of hydrogen-bond donors (Lipinski definition) is 1. The van der Waals surface area contributed by atoms with Crippen molar-refractivity contribution in [3.63, 3.8) is 0 Å². The Morgan fingerprint density at radius 3 is 2.61 bits per heavy atom. The lowest BCUT2D eigenvalue weighted by Gasteiger charge is -2.06. The second-order valence-electron chi connectivity index (χ2n) is 4.18. The third-order valence-electron chi connectivity index (χ3n) is 2.68. The molecule has 0 fully saturated rings. The van der Waals surface area contributed by atoms with Crippen LogP contribution >= 0.6 is 0 Å². The molecule has 0 bridgehead atoms. The third kappa shape index (κ3) is 3.87. The van der Waals surface area contributed by atoms with Gasteiger partial charge in [0.05, 0.1) is 17.7 Å². The van der Waals surface area contributed by atoms with Gasteiger partial charge in [-0.2, -0.15) is 0 Å². The van der Waals surface area contributed by atoms with Crippen molar-refractivity contribution in [1.29, 1.82) is 0 Å². The minimum Gasteiger partial charge on any atom is -0.478 e. The summed E-state index contributed by atoms with van der Waals surface area (Å²) < 4.78 is 5.07. The molecule has 0 aromatic heterocycles. The van der Waals surface area contributed by atoms with Crippen molar-refractivity contribution in [2.75, 3.05) is 6.61 Å². The molecule has 0 atom stereocenters. The first-order chi connectivity index (χ1) is 8.56. The molecule has 4 heteroatoms. The van der Waals surface area contributed by atoms with Crippen LogP contribution in [0.15, 0.2) is 18.2 Å². The normalized spacial score (nSPS) is 10.1. The highest BCUT2D eigenvalue weighted by Crippen LogP contribution is 2.12. The summed E-state index contributed by atoms with van der Waals surface area (Å²) in [5.74, 6) is -1.50. The van der Waals surface area contributed by atoms with E-state index < -0.39 is 11.9 Å². The number of benzene rings is 1. The van der Waals surface area contributed by atoms with Gasteiger partial charge in [0.2, 0.25) is 0 Å². The monoisotopic (exact) mass is 250 g/mol. The summed E-state index contributed by atoms with van der Waals surface area (Å²) in [6.07, 6.45) is 2.91. The van der Waals surface area contributed by atoms with Gasteiger partial charge in [0.1, 0.15) is 0 Å². The number of aromatic carboxylic acids is 1. The fraction of sp³-hybridized carbons (Fsp3) is 0.429. The lowest BCUT2D eigenvalue weighted by molar-refractivity contribution is 0.0498. The Bertz CT molecular complexity index is 437. The smallest absolute Gasteiger partial charge is 0.338 e. The molecule has 0 saturated carbocycles. The molecule has 1 aromatic rings. The zero-order chi connectivity index (χ0) is 13.5. The fourth-order valence-corrected chi connectivity index (χ4v) is 1.58. The molecule has 1 N–H and O–H groups in total. The van der Waals surface area contributed by atoms with Crippen LogP contribution in [0.2, 0.25) is 0 Å². The van der Waals surface area contributed by atoms with Crippen LogP contribution < -0.4 is 0 Å². The van der Waals surface area contributed by atoms with E-state index in [9.17, 15) is 9.59 Å². The first-order valence-corrected chi connectivity index (χ1v) is 6.07. The van der Waals surface area contributed by atoms with Crippen LogP contribution in [0, 0.1) is 6.92 Å². The highest BCUT2D eigenvalue weighted by molar-refractivity contribution is 5.95. The quantitative estimate of drug-likeness (QED) is 0.622. The number of carbonyl (C=O) groups excluding carboxylic acids is 1. The minimum atomic E-state index is -1.03. The van der Waals surface area contributed by atoms with Gasteiger partial charge < -0.3 is 9.84 Å². The largest absolute Gasteiger partial charge is 0.478 e. The summed E-state index contributed by atoms with van der Waals surface area (Å²) in [6, 6.07) is 4.57. The predicted molar refractivity (Wildman–Crippen MR) is 67.9 cm³/mol. The number of ether oxygens (including phenoxy) is 1. The van der Waals surface area contributed by atoms with Crippen LogP contribution in [0.3, 0.4) is 0 Å². The van der Waals surface area contributed by atoms with Gasteiger partial charge in [-0.25, -0.2) is 9.59 Å². The van der Waals surface area contributed by atoms with E-state index in [1.165, 1.54) is 6.07 Å². The average molecular weight is 250 g/mol. The van der Waals surface area contributed by atoms with E-state index in [4.69, 9.17) is 9.84 Å². The minimum absolute atomic E-state index is 0.137. The van der Waals surface area contributed by atoms with E-state index in [1.54, 1.807) is 19.1 Å². The second-order valence-corrected chi connectivity index (χ2v) is 4.18. The average Bonchev–Trinajstić information content (AvgIpc) is 2.34. The summed E-state index contributed by atoms with van der Waals surface area (Å²) in [4.78, 5) is 22.6. The first kappa shape index (κ1) is 14.2. The Labute approximate surface area is 107 Å². The van der Waals surface area contributed by atoms with E-state index in [1.807, 2.05) is 0 Å². The standard InChI is InChI=1S/C14H18O4/c1-3-4-5-8-18-14(17)11-7-6-10(2)12(9-11)13(15)16/h6-7,9H,3-5,8H2,1-2H3,(H,15,16). The summed E-state index contributed by atoms with van der Waals surface area (Å²) >= 11 is 0. The van der Waals surface area contributed by atoms with Crippen molar-refractivity contribution in [3.05, 3.63) is 34.9 Å². The van der Waals surface area contributed by atoms with Crippen LogP contribution in [0.25, 0.3) is 0 Å². The summed E-state index contributed by atoms with van der Waals surface area (Å²) in [7, 11) is 0. The number of carbonyl (C=O) groups is 2. The maximum atomic E-state index is 11.7. The van der Waals surface area contributed by atoms with Crippen molar-refractivity contribution >= 4 is 11.9 Å². The molecule has 0 aliphatic carbocycles. The Balaban J connectivity index is 2.68. The molecule has 0 saturated heterocycles. The van der Waals surface area contributed by atoms with E-state index in [0.29, 0.717) is 12.2 Å². The maximum Gasteiger partial charge on any atom is 0.338 e. The number of carboxylic acids is 1. The van der Waals surface area contributed by atoms with Gasteiger partial charge in [0, 0.05) is 0 Å². The molecule has 0 aliphatic rings. The Kier molecular flexibility index (Phi) is 5.36. The molecular formula is C14H18O4. The molecule has 1 rings (SSSR count). The van der Waals surface area contributed by atoms with Crippen LogP contribution in [0.4, 0.5) is 0 Å². The fourth-order valence-electron chi connectivity index (χ4n) is 1.58. The van der Waals surface area contributed by atoms with Gasteiger partial charge in [-0.3, -0.25) is 0 Å². The van der Waals surface area contributed by atoms with E-state index in [0.717, 1.165) is 19.3 Å². The van der Waals surface area contributed by atoms with E-state index in [2.05, 4.69) is 6.92 Å². The number of rotatable bonds is 6. The number of unbranched alkanes of at least 4 members (excludes halogenated alkanes) is 2. The highest BCUT2D eigenvalue weighted by Gasteiger charge is 2.12. The van der Waals surface area contributed by atoms with Gasteiger partial charge in [-0.05, 0) is 31.0 Å². The van der Waals surface area contributed by atoms with Gasteiger partial charge in [0.25, 0.3) is 0 Å². The van der Waals surface area contributed by atoms with Crippen molar-refractivity contribution in [2.24, 2.45) is 0 Å². The molecule has 18 heavy (non-hydrogen) atoms. The van der Waals surface area contributed by atoms with Crippen molar-refractivity contribution in [1.82, 2.24) is 0 Å². The molecule has 0 aliphatic heterocycles. The number of aryl methyl sites for hydroxylation is 1. The molecular weight excluding hydrogens is 232 g/mol. The highest BCUT2D eigenvalue weighted by atomic mass is 16.5. The van der Waals surface area contributed by atoms with E-state index in [-0.39, 0.29) is 11.1 Å². The zero-order valence-electron chi connectivity index (χ0n) is 10.7. The van der Waals surface area contributed by atoms with Crippen molar-refractivity contribution in [3.8, 4) is 0 Å². The van der Waals surface area contributed by atoms with Crippen LogP contribution in [-0.2, 0) is 4.74 Å². The van der Waals surface area contributed by atoms with Crippen LogP contribution in [0.5, 0.6) is 0 Å². The maximum absolute atomic E-state index is 11.7. The molecule has 98 valence electrons. The van der Waals surface area contributed by atoms with E-state index >= 15 is 0 Å². The molecule has 0 unspecified atom stereocenters. The summed E-state index contributed by atoms with van der Waals surface area (Å²) in [5.41, 5.74) is 1.05. The number of hydrogen-bond acceptors (Lipinski definition) is 3. The summed E-state index contributed by atoms with van der Waals surface area (Å²) in [5, 5.41) is 8.97. The molecule has 4 nitrogen and oxygen atoms in total. The molecule has 0 amide bonds. The van der Waals surface area contributed by atoms with Crippen LogP contribution in [0.1, 0.15) is 52.5 Å². The number of carboxylic acid groups (broad SMARTS) is 1. The molecule has 0 spiro atoms. The molecule has 0 heterocycles. The lowest BCUT2D eigenvalue weighted by Crippen LogP contribution is -2.09. The second kappa shape index (κ2) is 6.79. The third-order valence-corrected chi connectivity index (χ3v) is 2.68. The predicted octanol–water partition coefficient (Wildman–Crippen LogP) is 3.04. The zero-order valence-corrected chi connectivity index (χ0v) is 10.7. The Morgan fingerprint density at radius 2 is 2.00 bits per heavy atom. The molecule has 0 radical (unpaired) electrons. The number of esters is 1. The lowest BCUT2D eigenvalue weighted by atomic mass is 10.1. The van der Waals surface area contributed by atoms with Crippen LogP contribution in [-0.4, -0.2) is 23.7 Å². The topological polar surface area (TPSA) is 63.6 Å².